The zero-order valence-corrected chi connectivity index (χ0v) is 20.2. The van der Waals surface area contributed by atoms with Crippen LogP contribution in [-0.2, 0) is 14.6 Å². The maximum Gasteiger partial charge on any atom is 0.255 e. The van der Waals surface area contributed by atoms with Crippen LogP contribution in [-0.4, -0.2) is 47.3 Å². The van der Waals surface area contributed by atoms with Crippen LogP contribution in [0.2, 0.25) is 5.02 Å². The van der Waals surface area contributed by atoms with Crippen molar-refractivity contribution in [2.24, 2.45) is 11.8 Å². The molecule has 2 fully saturated rings. The van der Waals surface area contributed by atoms with E-state index in [-0.39, 0.29) is 34.0 Å². The largest absolute Gasteiger partial charge is 0.386 e. The third kappa shape index (κ3) is 4.48. The van der Waals surface area contributed by atoms with Crippen LogP contribution in [0.4, 0.5) is 14.5 Å². The molecule has 2 aromatic carbocycles. The summed E-state index contributed by atoms with van der Waals surface area (Å²) in [5.74, 6) is -4.71. The molecule has 4 rings (SSSR count). The Morgan fingerprint density at radius 2 is 1.71 bits per heavy atom. The molecule has 3 N–H and O–H groups in total. The summed E-state index contributed by atoms with van der Waals surface area (Å²) in [6.07, 6.45) is -0.581. The van der Waals surface area contributed by atoms with Gasteiger partial charge in [-0.25, -0.2) is 17.2 Å². The summed E-state index contributed by atoms with van der Waals surface area (Å²) < 4.78 is 53.7. The van der Waals surface area contributed by atoms with Crippen molar-refractivity contribution in [3.8, 4) is 0 Å². The monoisotopic (exact) mass is 527 g/mol. The molecule has 0 spiro atoms. The molecule has 188 valence electrons. The Kier molecular flexibility index (Phi) is 6.78. The summed E-state index contributed by atoms with van der Waals surface area (Å²) >= 11 is 6.20. The molecule has 2 aromatic rings. The number of halogens is 3. The maximum absolute atomic E-state index is 13.5. The van der Waals surface area contributed by atoms with Gasteiger partial charge in [0.25, 0.3) is 5.91 Å². The van der Waals surface area contributed by atoms with Crippen molar-refractivity contribution >= 4 is 38.8 Å². The molecule has 0 radical (unpaired) electrons. The first kappa shape index (κ1) is 25.7. The van der Waals surface area contributed by atoms with Gasteiger partial charge in [0.1, 0.15) is 11.7 Å². The number of carbonyl (C=O) groups excluding carboxylic acids is 2. The number of anilines is 1. The number of amides is 1. The Morgan fingerprint density at radius 3 is 2.29 bits per heavy atom. The van der Waals surface area contributed by atoms with Crippen molar-refractivity contribution in [2.75, 3.05) is 5.32 Å². The third-order valence-corrected chi connectivity index (χ3v) is 9.86. The van der Waals surface area contributed by atoms with Gasteiger partial charge in [-0.15, -0.1) is 0 Å². The highest BCUT2D eigenvalue weighted by molar-refractivity contribution is 7.92. The molecule has 0 saturated heterocycles. The number of fused-ring (bicyclic) bond motifs is 2. The van der Waals surface area contributed by atoms with Gasteiger partial charge in [0.05, 0.1) is 15.2 Å². The van der Waals surface area contributed by atoms with Crippen LogP contribution in [0.25, 0.3) is 0 Å². The standard InChI is InChI=1S/C24H24ClF2NO6S/c1-12(29)22(30)24(32)14-3-4-15(24)10-17(9-14)35(33,34)21-8-13(2-6-18(21)25)23(31)28-16-5-7-19(26)20(27)11-16/h2,5-8,11,14-15,17,22,30,32H,3-4,9-10H2,1H3,(H,28,31)/t14-,15+,17-,22-,24-/m1/s1. The van der Waals surface area contributed by atoms with Gasteiger partial charge in [0, 0.05) is 17.3 Å². The lowest BCUT2D eigenvalue weighted by molar-refractivity contribution is -0.162. The predicted octanol–water partition coefficient (Wildman–Crippen LogP) is 3.51. The molecule has 0 heterocycles. The molecule has 5 atom stereocenters. The van der Waals surface area contributed by atoms with Gasteiger partial charge in [-0.1, -0.05) is 11.6 Å². The molecule has 0 unspecified atom stereocenters. The minimum atomic E-state index is -4.06. The third-order valence-electron chi connectivity index (χ3n) is 7.21. The summed E-state index contributed by atoms with van der Waals surface area (Å²) in [5, 5.41) is 22.8. The van der Waals surface area contributed by atoms with Crippen molar-refractivity contribution in [2.45, 2.75) is 54.5 Å². The van der Waals surface area contributed by atoms with E-state index in [2.05, 4.69) is 5.32 Å². The Balaban J connectivity index is 1.59. The molecule has 2 bridgehead atoms. The van der Waals surface area contributed by atoms with Gasteiger partial charge in [-0.2, -0.15) is 0 Å². The first-order chi connectivity index (χ1) is 16.4. The van der Waals surface area contributed by atoms with E-state index in [1.165, 1.54) is 19.1 Å². The predicted molar refractivity (Wildman–Crippen MR) is 124 cm³/mol. The van der Waals surface area contributed by atoms with Crippen LogP contribution in [0.5, 0.6) is 0 Å². The average molecular weight is 528 g/mol. The molecule has 11 heteroatoms. The van der Waals surface area contributed by atoms with Crippen LogP contribution < -0.4 is 5.32 Å². The fourth-order valence-electron chi connectivity index (χ4n) is 5.39. The second-order valence-electron chi connectivity index (χ2n) is 9.24. The van der Waals surface area contributed by atoms with Crippen molar-refractivity contribution < 1.29 is 37.0 Å². The first-order valence-corrected chi connectivity index (χ1v) is 13.0. The molecule has 2 saturated carbocycles. The lowest BCUT2D eigenvalue weighted by Gasteiger charge is -2.44. The highest BCUT2D eigenvalue weighted by atomic mass is 35.5. The zero-order chi connectivity index (χ0) is 25.7. The number of Topliss-reactive ketones (excluding diaryl/α,β-unsaturated/α-hetero) is 1. The van der Waals surface area contributed by atoms with Crippen molar-refractivity contribution in [3.05, 3.63) is 58.6 Å². The fourth-order valence-corrected chi connectivity index (χ4v) is 7.79. The summed E-state index contributed by atoms with van der Waals surface area (Å²) in [7, 11) is -4.06. The number of nitrogens with one attached hydrogen (secondary N) is 1. The van der Waals surface area contributed by atoms with Gasteiger partial charge in [-0.3, -0.25) is 9.59 Å². The average Bonchev–Trinajstić information content (AvgIpc) is 2.97. The highest BCUT2D eigenvalue weighted by Gasteiger charge is 2.60. The molecule has 1 amide bonds. The van der Waals surface area contributed by atoms with Crippen LogP contribution in [0.1, 0.15) is 43.0 Å². The Morgan fingerprint density at radius 1 is 1.09 bits per heavy atom. The molecule has 2 aliphatic rings. The molecule has 0 aliphatic heterocycles. The fraction of sp³-hybridized carbons (Fsp3) is 0.417. The number of ketones is 1. The second-order valence-corrected chi connectivity index (χ2v) is 11.8. The van der Waals surface area contributed by atoms with Gasteiger partial charge < -0.3 is 15.5 Å². The zero-order valence-electron chi connectivity index (χ0n) is 18.7. The summed E-state index contributed by atoms with van der Waals surface area (Å²) in [6.45, 7) is 1.18. The molecular formula is C24H24ClF2NO6S. The number of hydrogen-bond donors (Lipinski definition) is 3. The molecule has 35 heavy (non-hydrogen) atoms. The number of aliphatic hydroxyl groups is 2. The Bertz CT molecular complexity index is 1290. The molecular weight excluding hydrogens is 504 g/mol. The minimum absolute atomic E-state index is 0.0135. The molecule has 2 aliphatic carbocycles. The van der Waals surface area contributed by atoms with E-state index in [1.54, 1.807) is 0 Å². The first-order valence-electron chi connectivity index (χ1n) is 11.1. The van der Waals surface area contributed by atoms with Gasteiger partial charge >= 0.3 is 0 Å². The Hall–Kier alpha value is -2.40. The van der Waals surface area contributed by atoms with Crippen LogP contribution >= 0.6 is 11.6 Å². The number of benzene rings is 2. The van der Waals surface area contributed by atoms with E-state index < -0.39 is 62.0 Å². The van der Waals surface area contributed by atoms with E-state index in [4.69, 9.17) is 11.6 Å². The van der Waals surface area contributed by atoms with E-state index in [9.17, 15) is 37.0 Å². The number of sulfone groups is 1. The van der Waals surface area contributed by atoms with E-state index in [0.29, 0.717) is 12.8 Å². The second kappa shape index (κ2) is 9.24. The van der Waals surface area contributed by atoms with E-state index >= 15 is 0 Å². The number of rotatable bonds is 6. The number of aliphatic hydroxyl groups excluding tert-OH is 1. The van der Waals surface area contributed by atoms with Crippen molar-refractivity contribution in [3.63, 3.8) is 0 Å². The van der Waals surface area contributed by atoms with Crippen LogP contribution in [0.15, 0.2) is 41.3 Å². The lowest BCUT2D eigenvalue weighted by atomic mass is 9.70. The summed E-state index contributed by atoms with van der Waals surface area (Å²) in [5.41, 5.74) is -1.74. The topological polar surface area (TPSA) is 121 Å². The number of carbonyl (C=O) groups is 2. The van der Waals surface area contributed by atoms with E-state index in [1.807, 2.05) is 0 Å². The molecule has 7 nitrogen and oxygen atoms in total. The Labute approximate surface area is 206 Å². The van der Waals surface area contributed by atoms with Gasteiger partial charge in [-0.05, 0) is 74.8 Å². The normalized spacial score (nSPS) is 26.9. The van der Waals surface area contributed by atoms with Crippen LogP contribution in [0.3, 0.4) is 0 Å². The summed E-state index contributed by atoms with van der Waals surface area (Å²) in [4.78, 5) is 24.1. The van der Waals surface area contributed by atoms with E-state index in [0.717, 1.165) is 24.3 Å². The lowest BCUT2D eigenvalue weighted by Crippen LogP contribution is -2.57. The highest BCUT2D eigenvalue weighted by Crippen LogP contribution is 2.53. The van der Waals surface area contributed by atoms with Crippen molar-refractivity contribution in [1.29, 1.82) is 0 Å². The van der Waals surface area contributed by atoms with Crippen molar-refractivity contribution in [1.82, 2.24) is 0 Å². The van der Waals surface area contributed by atoms with Crippen LogP contribution in [0, 0.1) is 23.5 Å². The quantitative estimate of drug-likeness (QED) is 0.528. The summed E-state index contributed by atoms with van der Waals surface area (Å²) in [6, 6.07) is 6.52. The minimum Gasteiger partial charge on any atom is -0.386 e. The van der Waals surface area contributed by atoms with Gasteiger partial charge in [0.2, 0.25) is 0 Å². The number of hydrogen-bond acceptors (Lipinski definition) is 6. The maximum atomic E-state index is 13.5. The molecule has 0 aromatic heterocycles. The smallest absolute Gasteiger partial charge is 0.255 e. The SMILES string of the molecule is CC(=O)[C@@H](O)[C@@]1(O)[C@@H]2CC[C@H]1C[C@H](S(=O)(=O)c1cc(C(=O)Nc3ccc(F)c(F)c3)ccc1Cl)C2. The van der Waals surface area contributed by atoms with Gasteiger partial charge in [0.15, 0.2) is 27.3 Å².